The van der Waals surface area contributed by atoms with Crippen molar-refractivity contribution < 1.29 is 24.2 Å². The van der Waals surface area contributed by atoms with Crippen molar-refractivity contribution in [2.75, 3.05) is 13.2 Å². The summed E-state index contributed by atoms with van der Waals surface area (Å²) in [7, 11) is 0. The van der Waals surface area contributed by atoms with Gasteiger partial charge < -0.3 is 14.6 Å². The minimum Gasteiger partial charge on any atom is -0.462 e. The monoisotopic (exact) mass is 560 g/mol. The number of carbonyl (C=O) groups excluding carboxylic acids is 2. The summed E-state index contributed by atoms with van der Waals surface area (Å²) in [4.78, 5) is 24.0. The lowest BCUT2D eigenvalue weighted by molar-refractivity contribution is -0.161. The molecule has 0 aliphatic heterocycles. The Kier molecular flexibility index (Phi) is 29.7. The van der Waals surface area contributed by atoms with Crippen LogP contribution in [0, 0.1) is 0 Å². The summed E-state index contributed by atoms with van der Waals surface area (Å²) in [6, 6.07) is 0. The van der Waals surface area contributed by atoms with Crippen LogP contribution in [0.4, 0.5) is 0 Å². The number of esters is 2. The first kappa shape index (κ1) is 37.9. The number of ether oxygens (including phenoxy) is 2. The lowest BCUT2D eigenvalue weighted by Crippen LogP contribution is -2.28. The van der Waals surface area contributed by atoms with E-state index in [9.17, 15) is 14.7 Å². The molecule has 0 saturated heterocycles. The number of hydrogen-bond acceptors (Lipinski definition) is 5. The molecule has 230 valence electrons. The van der Waals surface area contributed by atoms with Crippen molar-refractivity contribution in [2.45, 2.75) is 148 Å². The van der Waals surface area contributed by atoms with Crippen LogP contribution in [-0.4, -0.2) is 36.4 Å². The van der Waals surface area contributed by atoms with Crippen LogP contribution in [0.3, 0.4) is 0 Å². The molecular weight excluding hydrogens is 500 g/mol. The molecule has 0 aromatic rings. The van der Waals surface area contributed by atoms with E-state index < -0.39 is 6.10 Å². The number of allylic oxidation sites excluding steroid dienone is 8. The number of carbonyl (C=O) groups is 2. The molecule has 40 heavy (non-hydrogen) atoms. The van der Waals surface area contributed by atoms with Crippen LogP contribution in [0.25, 0.3) is 0 Å². The minimum absolute atomic E-state index is 0.0871. The highest BCUT2D eigenvalue weighted by atomic mass is 16.6. The van der Waals surface area contributed by atoms with E-state index in [4.69, 9.17) is 9.47 Å². The normalized spacial score (nSPS) is 12.8. The molecule has 0 saturated carbocycles. The Morgan fingerprint density at radius 2 is 1.07 bits per heavy atom. The number of aliphatic hydroxyl groups excluding tert-OH is 1. The van der Waals surface area contributed by atoms with Gasteiger partial charge in [-0.25, -0.2) is 0 Å². The molecule has 0 radical (unpaired) electrons. The van der Waals surface area contributed by atoms with Gasteiger partial charge in [0, 0.05) is 12.8 Å². The third-order valence-electron chi connectivity index (χ3n) is 6.64. The van der Waals surface area contributed by atoms with Crippen molar-refractivity contribution in [1.82, 2.24) is 0 Å². The van der Waals surface area contributed by atoms with E-state index in [0.29, 0.717) is 12.8 Å². The number of unbranched alkanes of at least 4 members (excludes halogenated alkanes) is 12. The van der Waals surface area contributed by atoms with Crippen molar-refractivity contribution in [3.05, 3.63) is 48.6 Å². The fourth-order valence-corrected chi connectivity index (χ4v) is 4.19. The molecule has 0 aliphatic rings. The summed E-state index contributed by atoms with van der Waals surface area (Å²) >= 11 is 0. The van der Waals surface area contributed by atoms with Gasteiger partial charge in [-0.05, 0) is 51.4 Å². The van der Waals surface area contributed by atoms with E-state index in [1.54, 1.807) is 0 Å². The molecule has 0 fully saturated rings. The van der Waals surface area contributed by atoms with Gasteiger partial charge in [0.25, 0.3) is 0 Å². The Labute approximate surface area is 246 Å². The van der Waals surface area contributed by atoms with Crippen LogP contribution in [-0.2, 0) is 19.1 Å². The first-order valence-electron chi connectivity index (χ1n) is 16.2. The van der Waals surface area contributed by atoms with Crippen molar-refractivity contribution in [3.8, 4) is 0 Å². The second kappa shape index (κ2) is 31.4. The molecule has 1 atom stereocenters. The van der Waals surface area contributed by atoms with E-state index in [1.165, 1.54) is 51.4 Å². The van der Waals surface area contributed by atoms with Gasteiger partial charge in [0.2, 0.25) is 0 Å². The van der Waals surface area contributed by atoms with Crippen molar-refractivity contribution >= 4 is 11.9 Å². The third kappa shape index (κ3) is 28.9. The average Bonchev–Trinajstić information content (AvgIpc) is 2.96. The zero-order valence-corrected chi connectivity index (χ0v) is 25.8. The fourth-order valence-electron chi connectivity index (χ4n) is 4.19. The van der Waals surface area contributed by atoms with E-state index in [2.05, 4.69) is 62.5 Å². The van der Waals surface area contributed by atoms with E-state index >= 15 is 0 Å². The van der Waals surface area contributed by atoms with Gasteiger partial charge in [0.1, 0.15) is 6.61 Å². The average molecular weight is 561 g/mol. The van der Waals surface area contributed by atoms with E-state index in [-0.39, 0.29) is 25.2 Å². The Hall–Kier alpha value is -2.14. The molecule has 0 amide bonds. The number of aliphatic hydroxyl groups is 1. The van der Waals surface area contributed by atoms with Crippen LogP contribution in [0.1, 0.15) is 142 Å². The number of rotatable bonds is 28. The van der Waals surface area contributed by atoms with Gasteiger partial charge in [0.15, 0.2) is 6.10 Å². The van der Waals surface area contributed by atoms with Crippen LogP contribution in [0.15, 0.2) is 48.6 Å². The predicted octanol–water partition coefficient (Wildman–Crippen LogP) is 9.50. The second-order valence-corrected chi connectivity index (χ2v) is 10.5. The summed E-state index contributed by atoms with van der Waals surface area (Å²) in [5, 5.41) is 9.48. The van der Waals surface area contributed by atoms with Gasteiger partial charge in [0.05, 0.1) is 6.61 Å². The van der Waals surface area contributed by atoms with Crippen LogP contribution in [0.2, 0.25) is 0 Å². The van der Waals surface area contributed by atoms with Crippen molar-refractivity contribution in [1.29, 1.82) is 0 Å². The zero-order chi connectivity index (χ0) is 29.4. The zero-order valence-electron chi connectivity index (χ0n) is 25.8. The van der Waals surface area contributed by atoms with Gasteiger partial charge in [-0.3, -0.25) is 9.59 Å². The largest absolute Gasteiger partial charge is 0.462 e. The molecule has 0 rings (SSSR count). The topological polar surface area (TPSA) is 72.8 Å². The van der Waals surface area contributed by atoms with Gasteiger partial charge >= 0.3 is 11.9 Å². The molecule has 5 nitrogen and oxygen atoms in total. The van der Waals surface area contributed by atoms with E-state index in [1.807, 2.05) is 0 Å². The molecule has 0 aromatic carbocycles. The maximum absolute atomic E-state index is 12.1. The lowest BCUT2D eigenvalue weighted by Gasteiger charge is -2.15. The Balaban J connectivity index is 3.69. The first-order valence-corrected chi connectivity index (χ1v) is 16.2. The van der Waals surface area contributed by atoms with Crippen LogP contribution in [0.5, 0.6) is 0 Å². The Morgan fingerprint density at radius 3 is 1.62 bits per heavy atom. The van der Waals surface area contributed by atoms with Crippen molar-refractivity contribution in [3.63, 3.8) is 0 Å². The molecule has 0 heterocycles. The smallest absolute Gasteiger partial charge is 0.306 e. The highest BCUT2D eigenvalue weighted by molar-refractivity contribution is 5.70. The highest BCUT2D eigenvalue weighted by Gasteiger charge is 2.16. The third-order valence-corrected chi connectivity index (χ3v) is 6.64. The standard InChI is InChI=1S/C35H60O5/c1-3-5-7-9-11-13-15-16-17-18-20-21-23-25-27-29-34(37)39-32-33(31-36)40-35(38)30-28-26-24-22-19-14-12-10-8-6-4-2/h5,7,11,13,16-17,20-21,33,36H,3-4,6,8-10,12,14-15,18-19,22-32H2,1-2H3/b7-5+,13-11+,17-16+,21-20+/t33-/m0/s1. The highest BCUT2D eigenvalue weighted by Crippen LogP contribution is 2.12. The van der Waals surface area contributed by atoms with Crippen LogP contribution >= 0.6 is 0 Å². The fraction of sp³-hybridized carbons (Fsp3) is 0.714. The minimum atomic E-state index is -0.784. The molecule has 5 heteroatoms. The molecule has 0 bridgehead atoms. The summed E-state index contributed by atoms with van der Waals surface area (Å²) in [6.07, 6.45) is 37.3. The summed E-state index contributed by atoms with van der Waals surface area (Å²) in [6.45, 7) is 3.95. The molecule has 1 N–H and O–H groups in total. The van der Waals surface area contributed by atoms with Crippen molar-refractivity contribution in [2.24, 2.45) is 0 Å². The first-order chi connectivity index (χ1) is 19.6. The van der Waals surface area contributed by atoms with Gasteiger partial charge in [-0.1, -0.05) is 127 Å². The summed E-state index contributed by atoms with van der Waals surface area (Å²) < 4.78 is 10.5. The molecule has 0 aromatic heterocycles. The molecule has 0 spiro atoms. The predicted molar refractivity (Wildman–Crippen MR) is 168 cm³/mol. The van der Waals surface area contributed by atoms with Crippen LogP contribution < -0.4 is 0 Å². The van der Waals surface area contributed by atoms with Gasteiger partial charge in [-0.2, -0.15) is 0 Å². The molecule has 0 unspecified atom stereocenters. The van der Waals surface area contributed by atoms with Gasteiger partial charge in [-0.15, -0.1) is 0 Å². The maximum Gasteiger partial charge on any atom is 0.306 e. The second-order valence-electron chi connectivity index (χ2n) is 10.5. The quantitative estimate of drug-likeness (QED) is 0.0586. The molecular formula is C35H60O5. The SMILES string of the molecule is CC/C=C/C/C=C/C/C=C/C/C=C/CCCCC(=O)OC[C@H](CO)OC(=O)CCCCCCCCCCCCC. The Bertz CT molecular complexity index is 692. The van der Waals surface area contributed by atoms with E-state index in [0.717, 1.165) is 64.2 Å². The summed E-state index contributed by atoms with van der Waals surface area (Å²) in [5.74, 6) is -0.644. The maximum atomic E-state index is 12.1. The molecule has 0 aliphatic carbocycles. The lowest BCUT2D eigenvalue weighted by atomic mass is 10.1. The Morgan fingerprint density at radius 1 is 0.600 bits per heavy atom. The number of hydrogen-bond donors (Lipinski definition) is 1. The summed E-state index contributed by atoms with van der Waals surface area (Å²) in [5.41, 5.74) is 0.